The summed E-state index contributed by atoms with van der Waals surface area (Å²) in [5.74, 6) is 0.286. The monoisotopic (exact) mass is 244 g/mol. The van der Waals surface area contributed by atoms with Crippen molar-refractivity contribution >= 4 is 10.8 Å². The number of aliphatic hydroxyl groups excluding tert-OH is 1. The van der Waals surface area contributed by atoms with Crippen molar-refractivity contribution in [2.24, 2.45) is 5.92 Å². The van der Waals surface area contributed by atoms with Crippen molar-refractivity contribution in [2.75, 3.05) is 6.54 Å². The van der Waals surface area contributed by atoms with Crippen LogP contribution in [0.25, 0.3) is 10.8 Å². The van der Waals surface area contributed by atoms with Crippen LogP contribution < -0.4 is 5.32 Å². The summed E-state index contributed by atoms with van der Waals surface area (Å²) in [6, 6.07) is 8.25. The minimum absolute atomic E-state index is 0.286. The molecule has 0 amide bonds. The Hall–Kier alpha value is -1.45. The van der Waals surface area contributed by atoms with E-state index in [1.165, 1.54) is 10.9 Å². The third-order valence-electron chi connectivity index (χ3n) is 3.21. The fourth-order valence-electron chi connectivity index (χ4n) is 1.93. The second-order valence-electron chi connectivity index (χ2n) is 4.96. The quantitative estimate of drug-likeness (QED) is 0.848. The molecule has 0 aliphatic heterocycles. The number of aliphatic hydroxyl groups is 1. The Labute approximate surface area is 108 Å². The highest BCUT2D eigenvalue weighted by Gasteiger charge is 2.08. The summed E-state index contributed by atoms with van der Waals surface area (Å²) >= 11 is 0. The SMILES string of the molecule is CC(C)C(O)CNCc1cccc2cnccc12. The van der Waals surface area contributed by atoms with Crippen LogP contribution in [0.15, 0.2) is 36.7 Å². The number of rotatable bonds is 5. The molecule has 3 heteroatoms. The molecule has 0 saturated carbocycles. The molecule has 1 unspecified atom stereocenters. The molecular formula is C15H20N2O. The van der Waals surface area contributed by atoms with E-state index in [1.54, 1.807) is 0 Å². The first-order chi connectivity index (χ1) is 8.68. The molecule has 0 saturated heterocycles. The number of hydrogen-bond acceptors (Lipinski definition) is 3. The van der Waals surface area contributed by atoms with Crippen molar-refractivity contribution in [3.05, 3.63) is 42.2 Å². The lowest BCUT2D eigenvalue weighted by Gasteiger charge is -2.15. The van der Waals surface area contributed by atoms with Crippen LogP contribution >= 0.6 is 0 Å². The van der Waals surface area contributed by atoms with E-state index >= 15 is 0 Å². The summed E-state index contributed by atoms with van der Waals surface area (Å²) in [7, 11) is 0. The first kappa shape index (κ1) is 13.0. The first-order valence-electron chi connectivity index (χ1n) is 6.39. The van der Waals surface area contributed by atoms with Crippen LogP contribution in [0.2, 0.25) is 0 Å². The van der Waals surface area contributed by atoms with E-state index < -0.39 is 0 Å². The number of fused-ring (bicyclic) bond motifs is 1. The second kappa shape index (κ2) is 5.94. The molecule has 0 fully saturated rings. The number of benzene rings is 1. The van der Waals surface area contributed by atoms with Crippen LogP contribution in [0, 0.1) is 5.92 Å². The van der Waals surface area contributed by atoms with Gasteiger partial charge in [-0.2, -0.15) is 0 Å². The van der Waals surface area contributed by atoms with Crippen LogP contribution in [0.4, 0.5) is 0 Å². The minimum atomic E-state index is -0.290. The lowest BCUT2D eigenvalue weighted by atomic mass is 10.1. The van der Waals surface area contributed by atoms with Gasteiger partial charge in [0, 0.05) is 30.9 Å². The smallest absolute Gasteiger partial charge is 0.0687 e. The van der Waals surface area contributed by atoms with Gasteiger partial charge in [0.15, 0.2) is 0 Å². The molecular weight excluding hydrogens is 224 g/mol. The zero-order chi connectivity index (χ0) is 13.0. The van der Waals surface area contributed by atoms with Gasteiger partial charge in [-0.3, -0.25) is 4.98 Å². The van der Waals surface area contributed by atoms with Gasteiger partial charge in [0.05, 0.1) is 6.10 Å². The number of pyridine rings is 1. The number of nitrogens with zero attached hydrogens (tertiary/aromatic N) is 1. The van der Waals surface area contributed by atoms with Gasteiger partial charge in [0.2, 0.25) is 0 Å². The molecule has 2 aromatic rings. The summed E-state index contributed by atoms with van der Waals surface area (Å²) in [6.45, 7) is 5.44. The Kier molecular flexibility index (Phi) is 4.28. The molecule has 2 rings (SSSR count). The van der Waals surface area contributed by atoms with Crippen LogP contribution in [-0.4, -0.2) is 22.7 Å². The summed E-state index contributed by atoms with van der Waals surface area (Å²) in [6.07, 6.45) is 3.40. The standard InChI is InChI=1S/C15H20N2O/c1-11(2)15(18)10-17-9-13-5-3-4-12-8-16-7-6-14(12)13/h3-8,11,15,17-18H,9-10H2,1-2H3. The predicted molar refractivity (Wildman–Crippen MR) is 74.3 cm³/mol. The third kappa shape index (κ3) is 3.06. The van der Waals surface area contributed by atoms with Crippen LogP contribution in [-0.2, 0) is 6.54 Å². The second-order valence-corrected chi connectivity index (χ2v) is 4.96. The van der Waals surface area contributed by atoms with Crippen molar-refractivity contribution in [1.82, 2.24) is 10.3 Å². The van der Waals surface area contributed by atoms with E-state index in [4.69, 9.17) is 0 Å². The predicted octanol–water partition coefficient (Wildman–Crippen LogP) is 2.34. The van der Waals surface area contributed by atoms with Crippen molar-refractivity contribution < 1.29 is 5.11 Å². The molecule has 0 aliphatic rings. The summed E-state index contributed by atoms with van der Waals surface area (Å²) in [5, 5.41) is 15.4. The largest absolute Gasteiger partial charge is 0.392 e. The van der Waals surface area contributed by atoms with Gasteiger partial charge in [-0.05, 0) is 22.9 Å². The van der Waals surface area contributed by atoms with E-state index in [0.717, 1.165) is 11.9 Å². The summed E-state index contributed by atoms with van der Waals surface area (Å²) in [5.41, 5.74) is 1.24. The van der Waals surface area contributed by atoms with Crippen molar-refractivity contribution in [3.63, 3.8) is 0 Å². The Morgan fingerprint density at radius 2 is 2.11 bits per heavy atom. The Morgan fingerprint density at radius 1 is 1.28 bits per heavy atom. The fraction of sp³-hybridized carbons (Fsp3) is 0.400. The average Bonchev–Trinajstić information content (AvgIpc) is 2.38. The normalized spacial score (nSPS) is 13.1. The topological polar surface area (TPSA) is 45.1 Å². The molecule has 0 aliphatic carbocycles. The van der Waals surface area contributed by atoms with Crippen molar-refractivity contribution in [2.45, 2.75) is 26.5 Å². The fourth-order valence-corrected chi connectivity index (χ4v) is 1.93. The molecule has 0 radical (unpaired) electrons. The summed E-state index contributed by atoms with van der Waals surface area (Å²) in [4.78, 5) is 4.13. The first-order valence-corrected chi connectivity index (χ1v) is 6.39. The van der Waals surface area contributed by atoms with Crippen LogP contribution in [0.5, 0.6) is 0 Å². The maximum Gasteiger partial charge on any atom is 0.0687 e. The number of aromatic nitrogens is 1. The van der Waals surface area contributed by atoms with E-state index in [9.17, 15) is 5.11 Å². The minimum Gasteiger partial charge on any atom is -0.392 e. The highest BCUT2D eigenvalue weighted by Crippen LogP contribution is 2.17. The van der Waals surface area contributed by atoms with Crippen molar-refractivity contribution in [1.29, 1.82) is 0 Å². The molecule has 96 valence electrons. The van der Waals surface area contributed by atoms with E-state index in [2.05, 4.69) is 22.4 Å². The van der Waals surface area contributed by atoms with E-state index in [-0.39, 0.29) is 12.0 Å². The molecule has 0 spiro atoms. The van der Waals surface area contributed by atoms with Crippen LogP contribution in [0.3, 0.4) is 0 Å². The van der Waals surface area contributed by atoms with Gasteiger partial charge in [-0.15, -0.1) is 0 Å². The van der Waals surface area contributed by atoms with Gasteiger partial charge in [0.1, 0.15) is 0 Å². The molecule has 1 atom stereocenters. The molecule has 0 bridgehead atoms. The van der Waals surface area contributed by atoms with Gasteiger partial charge in [-0.25, -0.2) is 0 Å². The molecule has 1 heterocycles. The average molecular weight is 244 g/mol. The zero-order valence-corrected chi connectivity index (χ0v) is 10.9. The Balaban J connectivity index is 2.04. The maximum absolute atomic E-state index is 9.75. The number of nitrogens with one attached hydrogen (secondary N) is 1. The highest BCUT2D eigenvalue weighted by atomic mass is 16.3. The molecule has 1 aromatic carbocycles. The van der Waals surface area contributed by atoms with Gasteiger partial charge in [-0.1, -0.05) is 32.0 Å². The van der Waals surface area contributed by atoms with Gasteiger partial charge >= 0.3 is 0 Å². The maximum atomic E-state index is 9.75. The lowest BCUT2D eigenvalue weighted by Crippen LogP contribution is -2.30. The zero-order valence-electron chi connectivity index (χ0n) is 10.9. The Morgan fingerprint density at radius 3 is 2.89 bits per heavy atom. The van der Waals surface area contributed by atoms with Gasteiger partial charge < -0.3 is 10.4 Å². The van der Waals surface area contributed by atoms with E-state index in [1.807, 2.05) is 38.4 Å². The highest BCUT2D eigenvalue weighted by molar-refractivity contribution is 5.84. The lowest BCUT2D eigenvalue weighted by molar-refractivity contribution is 0.123. The third-order valence-corrected chi connectivity index (χ3v) is 3.21. The summed E-state index contributed by atoms with van der Waals surface area (Å²) < 4.78 is 0. The number of hydrogen-bond donors (Lipinski definition) is 2. The van der Waals surface area contributed by atoms with Crippen LogP contribution in [0.1, 0.15) is 19.4 Å². The van der Waals surface area contributed by atoms with E-state index in [0.29, 0.717) is 6.54 Å². The molecule has 3 nitrogen and oxygen atoms in total. The van der Waals surface area contributed by atoms with Crippen molar-refractivity contribution in [3.8, 4) is 0 Å². The Bertz CT molecular complexity index is 505. The molecule has 18 heavy (non-hydrogen) atoms. The van der Waals surface area contributed by atoms with Gasteiger partial charge in [0.25, 0.3) is 0 Å². The molecule has 1 aromatic heterocycles. The molecule has 2 N–H and O–H groups in total.